The van der Waals surface area contributed by atoms with Crippen LogP contribution in [0.1, 0.15) is 17.0 Å². The Hall–Kier alpha value is -1.63. The van der Waals surface area contributed by atoms with Gasteiger partial charge in [0, 0.05) is 57.8 Å². The molecule has 1 amide bonds. The lowest BCUT2D eigenvalue weighted by Gasteiger charge is -2.35. The summed E-state index contributed by atoms with van der Waals surface area (Å²) in [6, 6.07) is 20.9. The third kappa shape index (κ3) is 6.19. The predicted octanol–water partition coefficient (Wildman–Crippen LogP) is 2.60. The number of halogens is 2. The minimum atomic E-state index is 0. The summed E-state index contributed by atoms with van der Waals surface area (Å²) >= 11 is 0. The van der Waals surface area contributed by atoms with Gasteiger partial charge in [-0.2, -0.15) is 0 Å². The maximum absolute atomic E-state index is 12.8. The van der Waals surface area contributed by atoms with Gasteiger partial charge in [0.15, 0.2) is 0 Å². The van der Waals surface area contributed by atoms with E-state index in [1.807, 2.05) is 23.1 Å². The summed E-state index contributed by atoms with van der Waals surface area (Å²) in [7, 11) is 0. The van der Waals surface area contributed by atoms with Crippen molar-refractivity contribution in [2.45, 2.75) is 18.5 Å². The molecule has 4 rings (SSSR count). The van der Waals surface area contributed by atoms with E-state index < -0.39 is 0 Å². The molecule has 2 heterocycles. The van der Waals surface area contributed by atoms with Crippen LogP contribution < -0.4 is 5.73 Å². The molecule has 164 valence electrons. The molecule has 2 atom stereocenters. The fraction of sp³-hybridized carbons (Fsp3) is 0.435. The highest BCUT2D eigenvalue weighted by Crippen LogP contribution is 2.26. The number of likely N-dealkylation sites (tertiary alicyclic amines) is 1. The van der Waals surface area contributed by atoms with Gasteiger partial charge < -0.3 is 10.6 Å². The van der Waals surface area contributed by atoms with Gasteiger partial charge in [-0.15, -0.1) is 24.8 Å². The Morgan fingerprint density at radius 2 is 1.40 bits per heavy atom. The van der Waals surface area contributed by atoms with Crippen LogP contribution in [0.3, 0.4) is 0 Å². The zero-order valence-corrected chi connectivity index (χ0v) is 18.9. The van der Waals surface area contributed by atoms with E-state index >= 15 is 0 Å². The number of amides is 1. The molecule has 2 aromatic rings. The van der Waals surface area contributed by atoms with E-state index in [-0.39, 0.29) is 42.7 Å². The molecule has 0 unspecified atom stereocenters. The van der Waals surface area contributed by atoms with Gasteiger partial charge in [-0.25, -0.2) is 0 Å². The number of hydrogen-bond donors (Lipinski definition) is 1. The van der Waals surface area contributed by atoms with Gasteiger partial charge in [-0.05, 0) is 11.1 Å². The minimum Gasteiger partial charge on any atom is -0.339 e. The van der Waals surface area contributed by atoms with E-state index in [1.54, 1.807) is 0 Å². The van der Waals surface area contributed by atoms with Crippen molar-refractivity contribution in [1.29, 1.82) is 0 Å². The van der Waals surface area contributed by atoms with Gasteiger partial charge in [0.05, 0.1) is 6.54 Å². The van der Waals surface area contributed by atoms with Gasteiger partial charge in [-0.1, -0.05) is 60.7 Å². The zero-order chi connectivity index (χ0) is 19.3. The van der Waals surface area contributed by atoms with E-state index in [1.165, 1.54) is 11.1 Å². The molecular weight excluding hydrogens is 419 g/mol. The lowest BCUT2D eigenvalue weighted by atomic mass is 9.95. The number of nitrogens with two attached hydrogens (primary N) is 1. The number of hydrogen-bond acceptors (Lipinski definition) is 4. The summed E-state index contributed by atoms with van der Waals surface area (Å²) < 4.78 is 0. The minimum absolute atomic E-state index is 0. The summed E-state index contributed by atoms with van der Waals surface area (Å²) in [4.78, 5) is 19.5. The summed E-state index contributed by atoms with van der Waals surface area (Å²) in [5, 5.41) is 0. The fourth-order valence-electron chi connectivity index (χ4n) is 4.32. The standard InChI is InChI=1S/C23H30N4O.2ClH/c24-22-17-27(16-21(22)20-9-5-2-6-10-20)23(28)18-26-13-11-25(12-14-26)15-19-7-3-1-4-8-19;;/h1-10,21-22H,11-18,24H2;2*1H/t21-,22+;;/m0../s1. The van der Waals surface area contributed by atoms with Crippen molar-refractivity contribution in [2.75, 3.05) is 45.8 Å². The second-order valence-corrected chi connectivity index (χ2v) is 8.02. The summed E-state index contributed by atoms with van der Waals surface area (Å²) in [6.45, 7) is 6.80. The molecule has 30 heavy (non-hydrogen) atoms. The first-order valence-electron chi connectivity index (χ1n) is 10.3. The highest BCUT2D eigenvalue weighted by molar-refractivity contribution is 5.85. The Morgan fingerprint density at radius 3 is 2.03 bits per heavy atom. The van der Waals surface area contributed by atoms with Crippen molar-refractivity contribution in [3.8, 4) is 0 Å². The van der Waals surface area contributed by atoms with Gasteiger partial charge in [0.2, 0.25) is 5.91 Å². The molecule has 2 aromatic carbocycles. The largest absolute Gasteiger partial charge is 0.339 e. The average molecular weight is 451 g/mol. The maximum Gasteiger partial charge on any atom is 0.236 e. The highest BCUT2D eigenvalue weighted by Gasteiger charge is 2.34. The maximum atomic E-state index is 12.8. The topological polar surface area (TPSA) is 52.8 Å². The smallest absolute Gasteiger partial charge is 0.236 e. The molecule has 0 radical (unpaired) electrons. The van der Waals surface area contributed by atoms with Crippen LogP contribution in [-0.2, 0) is 11.3 Å². The van der Waals surface area contributed by atoms with Crippen molar-refractivity contribution >= 4 is 30.7 Å². The van der Waals surface area contributed by atoms with Crippen molar-refractivity contribution in [2.24, 2.45) is 5.73 Å². The molecule has 5 nitrogen and oxygen atoms in total. The van der Waals surface area contributed by atoms with Crippen molar-refractivity contribution in [3.63, 3.8) is 0 Å². The third-order valence-electron chi connectivity index (χ3n) is 6.02. The number of piperazine rings is 1. The molecular formula is C23H32Cl2N4O. The Balaban J connectivity index is 0.00000160. The molecule has 2 aliphatic heterocycles. The second kappa shape index (κ2) is 11.7. The lowest BCUT2D eigenvalue weighted by molar-refractivity contribution is -0.131. The molecule has 0 bridgehead atoms. The molecule has 0 spiro atoms. The van der Waals surface area contributed by atoms with Crippen LogP contribution in [0.4, 0.5) is 0 Å². The van der Waals surface area contributed by atoms with Crippen LogP contribution in [0.15, 0.2) is 60.7 Å². The van der Waals surface area contributed by atoms with Crippen LogP contribution in [0.2, 0.25) is 0 Å². The normalized spacial score (nSPS) is 22.2. The molecule has 0 aliphatic carbocycles. The van der Waals surface area contributed by atoms with Crippen LogP contribution in [0.25, 0.3) is 0 Å². The van der Waals surface area contributed by atoms with E-state index in [9.17, 15) is 4.79 Å². The first-order chi connectivity index (χ1) is 13.7. The summed E-state index contributed by atoms with van der Waals surface area (Å²) in [5.41, 5.74) is 8.94. The van der Waals surface area contributed by atoms with Crippen LogP contribution in [0, 0.1) is 0 Å². The molecule has 2 fully saturated rings. The summed E-state index contributed by atoms with van der Waals surface area (Å²) in [6.07, 6.45) is 0. The molecule has 0 saturated carbocycles. The molecule has 7 heteroatoms. The van der Waals surface area contributed by atoms with E-state index in [0.717, 1.165) is 39.3 Å². The van der Waals surface area contributed by atoms with Crippen molar-refractivity contribution < 1.29 is 4.79 Å². The van der Waals surface area contributed by atoms with Gasteiger partial charge in [-0.3, -0.25) is 14.6 Å². The summed E-state index contributed by atoms with van der Waals surface area (Å²) in [5.74, 6) is 0.457. The van der Waals surface area contributed by atoms with Crippen LogP contribution >= 0.6 is 24.8 Å². The predicted molar refractivity (Wildman–Crippen MR) is 126 cm³/mol. The Labute approximate surface area is 192 Å². The van der Waals surface area contributed by atoms with E-state index in [2.05, 4.69) is 52.3 Å². The lowest BCUT2D eigenvalue weighted by Crippen LogP contribution is -2.49. The zero-order valence-electron chi connectivity index (χ0n) is 17.2. The Bertz CT molecular complexity index is 769. The highest BCUT2D eigenvalue weighted by atomic mass is 35.5. The Morgan fingerprint density at radius 1 is 0.833 bits per heavy atom. The monoisotopic (exact) mass is 450 g/mol. The number of carbonyl (C=O) groups is 1. The van der Waals surface area contributed by atoms with Crippen LogP contribution in [0.5, 0.6) is 0 Å². The number of benzene rings is 2. The number of rotatable bonds is 5. The van der Waals surface area contributed by atoms with Crippen molar-refractivity contribution in [3.05, 3.63) is 71.8 Å². The fourth-order valence-corrected chi connectivity index (χ4v) is 4.32. The molecule has 2 aliphatic rings. The van der Waals surface area contributed by atoms with Crippen molar-refractivity contribution in [1.82, 2.24) is 14.7 Å². The molecule has 2 saturated heterocycles. The van der Waals surface area contributed by atoms with Gasteiger partial charge in [0.1, 0.15) is 0 Å². The first-order valence-corrected chi connectivity index (χ1v) is 10.3. The quantitative estimate of drug-likeness (QED) is 0.760. The number of carbonyl (C=O) groups excluding carboxylic acids is 1. The van der Waals surface area contributed by atoms with E-state index in [4.69, 9.17) is 5.73 Å². The van der Waals surface area contributed by atoms with Crippen LogP contribution in [-0.4, -0.2) is 72.5 Å². The Kier molecular flexibility index (Phi) is 9.59. The second-order valence-electron chi connectivity index (χ2n) is 8.02. The SMILES string of the molecule is Cl.Cl.N[C@@H]1CN(C(=O)CN2CCN(Cc3ccccc3)CC2)C[C@H]1c1ccccc1. The molecule has 2 N–H and O–H groups in total. The number of nitrogens with zero attached hydrogens (tertiary/aromatic N) is 3. The van der Waals surface area contributed by atoms with E-state index in [0.29, 0.717) is 13.1 Å². The first kappa shape index (κ1) is 24.6. The third-order valence-corrected chi connectivity index (χ3v) is 6.02. The van der Waals surface area contributed by atoms with Gasteiger partial charge in [0.25, 0.3) is 0 Å². The average Bonchev–Trinajstić information content (AvgIpc) is 3.13. The van der Waals surface area contributed by atoms with Gasteiger partial charge >= 0.3 is 0 Å². The molecule has 0 aromatic heterocycles.